The van der Waals surface area contributed by atoms with Gasteiger partial charge in [0.2, 0.25) is 5.91 Å². The van der Waals surface area contributed by atoms with E-state index in [1.54, 1.807) is 7.11 Å². The molecule has 0 spiro atoms. The van der Waals surface area contributed by atoms with Crippen molar-refractivity contribution in [1.29, 1.82) is 0 Å². The van der Waals surface area contributed by atoms with Gasteiger partial charge in [-0.1, -0.05) is 66.4 Å². The Hall–Kier alpha value is -4.73. The van der Waals surface area contributed by atoms with Crippen molar-refractivity contribution in [1.82, 2.24) is 25.9 Å². The van der Waals surface area contributed by atoms with Gasteiger partial charge in [-0.25, -0.2) is 4.79 Å². The number of nitrogens with one attached hydrogen (secondary N) is 4. The Kier molecular flexibility index (Phi) is 9.34. The molecule has 0 saturated heterocycles. The average Bonchev–Trinajstić information content (AvgIpc) is 3.54. The minimum Gasteiger partial charge on any atom is -0.497 e. The van der Waals surface area contributed by atoms with Crippen LogP contribution in [0, 0.1) is 26.7 Å². The summed E-state index contributed by atoms with van der Waals surface area (Å²) < 4.78 is 5.31. The van der Waals surface area contributed by atoms with Crippen LogP contribution in [0.15, 0.2) is 54.6 Å². The first kappa shape index (κ1) is 29.8. The lowest BCUT2D eigenvalue weighted by Crippen LogP contribution is -2.36. The van der Waals surface area contributed by atoms with Crippen molar-refractivity contribution in [2.45, 2.75) is 65.3 Å². The number of H-pyrrole nitrogens is 1. The Morgan fingerprint density at radius 1 is 0.930 bits per heavy atom. The third kappa shape index (κ3) is 7.38. The van der Waals surface area contributed by atoms with E-state index in [2.05, 4.69) is 36.6 Å². The zero-order chi connectivity index (χ0) is 30.3. The van der Waals surface area contributed by atoms with Gasteiger partial charge in [0.25, 0.3) is 0 Å². The standard InChI is InChI=1S/C33H39N7O3/c1-20-16-21(2)30(22(3)17-20)36-33(42)34-28-18-25(23-12-14-27(43-4)15-13-23)10-11-26(28)19-29(41)35-31(32-37-39-40-38-32)24-8-6-5-7-9-24/h10-18,24,31H,5-9,19H2,1-4H3,(H,35,41)(H2,34,36,42)(H,37,38,39,40)/t31-/m0/s1. The number of nitrogens with zero attached hydrogens (tertiary/aromatic N) is 3. The van der Waals surface area contributed by atoms with Gasteiger partial charge in [-0.05, 0) is 85.5 Å². The van der Waals surface area contributed by atoms with Crippen molar-refractivity contribution in [3.05, 3.63) is 82.7 Å². The number of anilines is 2. The normalized spacial score (nSPS) is 14.1. The van der Waals surface area contributed by atoms with Gasteiger partial charge in [-0.15, -0.1) is 10.2 Å². The summed E-state index contributed by atoms with van der Waals surface area (Å²) in [6.07, 6.45) is 5.50. The SMILES string of the molecule is COc1ccc(-c2ccc(CC(=O)N[C@H](c3nn[nH]n3)C3CCCCC3)c(NC(=O)Nc3c(C)cc(C)cc3C)c2)cc1. The number of aryl methyl sites for hydroxylation is 3. The van der Waals surface area contributed by atoms with Gasteiger partial charge in [-0.2, -0.15) is 5.21 Å². The number of aromatic nitrogens is 4. The molecular formula is C33H39N7O3. The molecule has 0 aliphatic heterocycles. The van der Waals surface area contributed by atoms with Gasteiger partial charge in [0.15, 0.2) is 5.82 Å². The molecule has 1 aromatic heterocycles. The van der Waals surface area contributed by atoms with Crippen LogP contribution >= 0.6 is 0 Å². The predicted octanol–water partition coefficient (Wildman–Crippen LogP) is 6.42. The highest BCUT2D eigenvalue weighted by molar-refractivity contribution is 6.02. The molecule has 0 radical (unpaired) electrons. The molecule has 4 aromatic rings. The predicted molar refractivity (Wildman–Crippen MR) is 167 cm³/mol. The summed E-state index contributed by atoms with van der Waals surface area (Å²) in [5.41, 5.74) is 6.97. The number of tetrazole rings is 1. The maximum Gasteiger partial charge on any atom is 0.323 e. The second kappa shape index (κ2) is 13.5. The van der Waals surface area contributed by atoms with E-state index in [4.69, 9.17) is 4.74 Å². The molecule has 1 heterocycles. The van der Waals surface area contributed by atoms with Gasteiger partial charge in [-0.3, -0.25) is 4.79 Å². The van der Waals surface area contributed by atoms with E-state index in [0.29, 0.717) is 17.1 Å². The largest absolute Gasteiger partial charge is 0.497 e. The van der Waals surface area contributed by atoms with Crippen LogP contribution in [0.4, 0.5) is 16.2 Å². The monoisotopic (exact) mass is 581 g/mol. The number of urea groups is 1. The van der Waals surface area contributed by atoms with Crippen LogP contribution in [0.3, 0.4) is 0 Å². The maximum atomic E-state index is 13.5. The van der Waals surface area contributed by atoms with Crippen LogP contribution < -0.4 is 20.7 Å². The van der Waals surface area contributed by atoms with E-state index in [1.165, 1.54) is 6.42 Å². The highest BCUT2D eigenvalue weighted by atomic mass is 16.5. The van der Waals surface area contributed by atoms with Crippen molar-refractivity contribution < 1.29 is 14.3 Å². The lowest BCUT2D eigenvalue weighted by Gasteiger charge is -2.29. The van der Waals surface area contributed by atoms with Gasteiger partial charge < -0.3 is 20.7 Å². The summed E-state index contributed by atoms with van der Waals surface area (Å²) in [5, 5.41) is 23.8. The topological polar surface area (TPSA) is 134 Å². The maximum absolute atomic E-state index is 13.5. The van der Waals surface area contributed by atoms with Crippen LogP contribution in [0.5, 0.6) is 5.75 Å². The zero-order valence-electron chi connectivity index (χ0n) is 25.2. The van der Waals surface area contributed by atoms with Gasteiger partial charge in [0.1, 0.15) is 5.75 Å². The number of benzene rings is 3. The first-order chi connectivity index (χ1) is 20.8. The van der Waals surface area contributed by atoms with Crippen LogP contribution in [0.25, 0.3) is 11.1 Å². The molecule has 3 aromatic carbocycles. The van der Waals surface area contributed by atoms with Gasteiger partial charge >= 0.3 is 6.03 Å². The molecule has 43 heavy (non-hydrogen) atoms. The van der Waals surface area contributed by atoms with E-state index in [0.717, 1.165) is 64.9 Å². The molecule has 224 valence electrons. The number of methoxy groups -OCH3 is 1. The minimum absolute atomic E-state index is 0.0716. The number of carbonyl (C=O) groups is 2. The van der Waals surface area contributed by atoms with E-state index in [9.17, 15) is 9.59 Å². The molecule has 1 atom stereocenters. The molecule has 1 aliphatic rings. The summed E-state index contributed by atoms with van der Waals surface area (Å²) in [4.78, 5) is 26.8. The molecule has 1 fully saturated rings. The Balaban J connectivity index is 1.40. The number of carbonyl (C=O) groups excluding carboxylic acids is 2. The van der Waals surface area contributed by atoms with Crippen LogP contribution in [0.2, 0.25) is 0 Å². The number of rotatable bonds is 9. The fourth-order valence-corrected chi connectivity index (χ4v) is 6.01. The van der Waals surface area contributed by atoms with Crippen LogP contribution in [-0.4, -0.2) is 39.7 Å². The van der Waals surface area contributed by atoms with E-state index >= 15 is 0 Å². The molecular weight excluding hydrogens is 542 g/mol. The molecule has 10 heteroatoms. The first-order valence-corrected chi connectivity index (χ1v) is 14.8. The second-order valence-electron chi connectivity index (χ2n) is 11.3. The first-order valence-electron chi connectivity index (χ1n) is 14.8. The third-order valence-corrected chi connectivity index (χ3v) is 8.13. The van der Waals surface area contributed by atoms with Crippen molar-refractivity contribution >= 4 is 23.3 Å². The van der Waals surface area contributed by atoms with Gasteiger partial charge in [0, 0.05) is 11.4 Å². The molecule has 10 nitrogen and oxygen atoms in total. The van der Waals surface area contributed by atoms with Crippen molar-refractivity contribution in [3.63, 3.8) is 0 Å². The molecule has 1 saturated carbocycles. The Morgan fingerprint density at radius 3 is 2.28 bits per heavy atom. The quantitative estimate of drug-likeness (QED) is 0.180. The summed E-state index contributed by atoms with van der Waals surface area (Å²) in [7, 11) is 1.63. The smallest absolute Gasteiger partial charge is 0.323 e. The number of amides is 3. The Bertz CT molecular complexity index is 1540. The summed E-state index contributed by atoms with van der Waals surface area (Å²) in [6, 6.07) is 16.8. The molecule has 5 rings (SSSR count). The molecule has 0 unspecified atom stereocenters. The molecule has 1 aliphatic carbocycles. The molecule has 0 bridgehead atoms. The summed E-state index contributed by atoms with van der Waals surface area (Å²) >= 11 is 0. The number of hydrogen-bond donors (Lipinski definition) is 4. The Morgan fingerprint density at radius 2 is 1.63 bits per heavy atom. The van der Waals surface area contributed by atoms with Gasteiger partial charge in [0.05, 0.1) is 19.6 Å². The van der Waals surface area contributed by atoms with Crippen molar-refractivity contribution in [2.75, 3.05) is 17.7 Å². The van der Waals surface area contributed by atoms with E-state index in [-0.39, 0.29) is 30.3 Å². The van der Waals surface area contributed by atoms with Crippen LogP contribution in [0.1, 0.15) is 66.2 Å². The summed E-state index contributed by atoms with van der Waals surface area (Å²) in [6.45, 7) is 5.98. The van der Waals surface area contributed by atoms with Crippen molar-refractivity contribution in [2.24, 2.45) is 5.92 Å². The van der Waals surface area contributed by atoms with E-state index in [1.807, 2.05) is 75.4 Å². The van der Waals surface area contributed by atoms with Crippen molar-refractivity contribution in [3.8, 4) is 16.9 Å². The number of aromatic amines is 1. The Labute approximate surface area is 252 Å². The summed E-state index contributed by atoms with van der Waals surface area (Å²) in [5.74, 6) is 1.33. The molecule has 4 N–H and O–H groups in total. The highest BCUT2D eigenvalue weighted by Gasteiger charge is 2.30. The van der Waals surface area contributed by atoms with E-state index < -0.39 is 0 Å². The highest BCUT2D eigenvalue weighted by Crippen LogP contribution is 2.34. The molecule has 3 amide bonds. The second-order valence-corrected chi connectivity index (χ2v) is 11.3. The minimum atomic E-state index is -0.379. The fourth-order valence-electron chi connectivity index (χ4n) is 6.01. The van der Waals surface area contributed by atoms with Crippen LogP contribution in [-0.2, 0) is 11.2 Å². The average molecular weight is 582 g/mol. The number of ether oxygens (including phenoxy) is 1. The lowest BCUT2D eigenvalue weighted by molar-refractivity contribution is -0.121. The third-order valence-electron chi connectivity index (χ3n) is 8.13. The zero-order valence-corrected chi connectivity index (χ0v) is 25.2. The fraction of sp³-hybridized carbons (Fsp3) is 0.364. The number of hydrogen-bond acceptors (Lipinski definition) is 6. The lowest BCUT2D eigenvalue weighted by atomic mass is 9.83.